The topological polar surface area (TPSA) is 26.7 Å². The fourth-order valence-electron chi connectivity index (χ4n) is 3.77. The van der Waals surface area contributed by atoms with Crippen molar-refractivity contribution < 1.29 is 5.11 Å². The van der Waals surface area contributed by atoms with Crippen LogP contribution in [0.15, 0.2) is 12.1 Å². The lowest BCUT2D eigenvalue weighted by molar-refractivity contribution is 0.352. The zero-order chi connectivity index (χ0) is 19.9. The standard InChI is InChI=1S/C21H30N2OS4/c1-16-12-17(14-27-20(25)22-8-4-2-5-9-22)19(24)18(13-16)15-28-21(26)23-10-6-3-7-11-23/h12-13,24H,2-11,14-15H2,1H3. The average molecular weight is 455 g/mol. The molecule has 0 spiro atoms. The van der Waals surface area contributed by atoms with Crippen molar-refractivity contribution in [2.45, 2.75) is 57.0 Å². The van der Waals surface area contributed by atoms with Gasteiger partial charge in [0.25, 0.3) is 0 Å². The van der Waals surface area contributed by atoms with Crippen molar-refractivity contribution in [1.29, 1.82) is 0 Å². The number of aromatic hydroxyl groups is 1. The van der Waals surface area contributed by atoms with Gasteiger partial charge in [-0.2, -0.15) is 0 Å². The summed E-state index contributed by atoms with van der Waals surface area (Å²) in [5, 5.41) is 10.8. The number of phenols is 1. The lowest BCUT2D eigenvalue weighted by Crippen LogP contribution is -2.32. The highest BCUT2D eigenvalue weighted by atomic mass is 32.2. The van der Waals surface area contributed by atoms with E-state index in [4.69, 9.17) is 24.4 Å². The maximum Gasteiger partial charge on any atom is 0.136 e. The molecule has 154 valence electrons. The fraction of sp³-hybridized carbons (Fsp3) is 0.619. The summed E-state index contributed by atoms with van der Waals surface area (Å²) in [6.07, 6.45) is 7.54. The van der Waals surface area contributed by atoms with Gasteiger partial charge in [0, 0.05) is 48.8 Å². The molecule has 0 saturated carbocycles. The molecule has 7 heteroatoms. The lowest BCUT2D eigenvalue weighted by Gasteiger charge is -2.29. The third-order valence-corrected chi connectivity index (χ3v) is 8.49. The first-order valence-corrected chi connectivity index (χ1v) is 13.0. The zero-order valence-electron chi connectivity index (χ0n) is 16.6. The van der Waals surface area contributed by atoms with Crippen molar-refractivity contribution in [3.05, 3.63) is 28.8 Å². The Morgan fingerprint density at radius 2 is 1.21 bits per heavy atom. The first-order valence-electron chi connectivity index (χ1n) is 10.2. The minimum atomic E-state index is 0.411. The molecule has 28 heavy (non-hydrogen) atoms. The number of thiocarbonyl (C=S) groups is 2. The van der Waals surface area contributed by atoms with E-state index in [0.717, 1.165) is 57.5 Å². The second-order valence-corrected chi connectivity index (χ2v) is 10.9. The Hall–Kier alpha value is -0.500. The van der Waals surface area contributed by atoms with Crippen LogP contribution in [0.4, 0.5) is 0 Å². The van der Waals surface area contributed by atoms with Crippen LogP contribution in [0.3, 0.4) is 0 Å². The number of hydrogen-bond acceptors (Lipinski definition) is 5. The summed E-state index contributed by atoms with van der Waals surface area (Å²) in [6.45, 7) is 6.37. The van der Waals surface area contributed by atoms with Gasteiger partial charge in [0.2, 0.25) is 0 Å². The summed E-state index contributed by atoms with van der Waals surface area (Å²) in [7, 11) is 0. The molecular weight excluding hydrogens is 425 g/mol. The van der Waals surface area contributed by atoms with Crippen molar-refractivity contribution in [3.8, 4) is 5.75 Å². The summed E-state index contributed by atoms with van der Waals surface area (Å²) >= 11 is 14.6. The Morgan fingerprint density at radius 3 is 1.61 bits per heavy atom. The summed E-state index contributed by atoms with van der Waals surface area (Å²) in [5.74, 6) is 1.85. The van der Waals surface area contributed by atoms with Crippen molar-refractivity contribution in [2.75, 3.05) is 26.2 Å². The molecule has 1 N–H and O–H groups in total. The van der Waals surface area contributed by atoms with Crippen LogP contribution >= 0.6 is 48.0 Å². The molecule has 0 bridgehead atoms. The number of phenolic OH excluding ortho intramolecular Hbond substituents is 1. The van der Waals surface area contributed by atoms with E-state index >= 15 is 0 Å². The van der Waals surface area contributed by atoms with Crippen LogP contribution in [0.5, 0.6) is 5.75 Å². The highest BCUT2D eigenvalue weighted by Crippen LogP contribution is 2.32. The molecule has 2 aliphatic rings. The van der Waals surface area contributed by atoms with E-state index in [9.17, 15) is 5.11 Å². The molecule has 0 aliphatic carbocycles. The predicted molar refractivity (Wildman–Crippen MR) is 131 cm³/mol. The van der Waals surface area contributed by atoms with E-state index in [1.807, 2.05) is 0 Å². The van der Waals surface area contributed by atoms with Crippen molar-refractivity contribution >= 4 is 56.6 Å². The monoisotopic (exact) mass is 454 g/mol. The highest BCUT2D eigenvalue weighted by Gasteiger charge is 2.17. The summed E-state index contributed by atoms with van der Waals surface area (Å²) in [6, 6.07) is 4.16. The number of nitrogens with zero attached hydrogens (tertiary/aromatic N) is 2. The SMILES string of the molecule is Cc1cc(CSC(=S)N2CCCCC2)c(O)c(CSC(=S)N2CCCCC2)c1. The summed E-state index contributed by atoms with van der Waals surface area (Å²) < 4.78 is 1.92. The molecule has 0 amide bonds. The molecule has 1 aromatic carbocycles. The van der Waals surface area contributed by atoms with Gasteiger partial charge in [-0.05, 0) is 45.4 Å². The molecular formula is C21H30N2OS4. The van der Waals surface area contributed by atoms with Gasteiger partial charge in [-0.1, -0.05) is 65.7 Å². The number of piperidine rings is 2. The van der Waals surface area contributed by atoms with Crippen LogP contribution in [0, 0.1) is 6.92 Å². The van der Waals surface area contributed by atoms with Crippen LogP contribution in [-0.2, 0) is 11.5 Å². The smallest absolute Gasteiger partial charge is 0.136 e. The third kappa shape index (κ3) is 6.25. The highest BCUT2D eigenvalue weighted by molar-refractivity contribution is 8.22. The molecule has 0 unspecified atom stereocenters. The molecule has 2 heterocycles. The minimum Gasteiger partial charge on any atom is -0.507 e. The van der Waals surface area contributed by atoms with E-state index in [1.165, 1.54) is 44.1 Å². The molecule has 2 aliphatic heterocycles. The normalized spacial score (nSPS) is 17.6. The second-order valence-electron chi connectivity index (χ2n) is 7.64. The minimum absolute atomic E-state index is 0.411. The molecule has 0 aromatic heterocycles. The first kappa shape index (κ1) is 22.2. The second kappa shape index (κ2) is 11.0. The molecule has 3 rings (SSSR count). The van der Waals surface area contributed by atoms with E-state index in [1.54, 1.807) is 23.5 Å². The Balaban J connectivity index is 1.57. The van der Waals surface area contributed by atoms with E-state index in [2.05, 4.69) is 28.9 Å². The average Bonchev–Trinajstić information content (AvgIpc) is 2.73. The maximum absolute atomic E-state index is 10.8. The molecule has 0 atom stereocenters. The summed E-state index contributed by atoms with van der Waals surface area (Å²) in [4.78, 5) is 4.62. The zero-order valence-corrected chi connectivity index (χ0v) is 19.9. The number of aryl methyl sites for hydroxylation is 1. The number of likely N-dealkylation sites (tertiary alicyclic amines) is 2. The molecule has 2 fully saturated rings. The molecule has 1 aromatic rings. The van der Waals surface area contributed by atoms with E-state index < -0.39 is 0 Å². The van der Waals surface area contributed by atoms with Crippen molar-refractivity contribution in [2.24, 2.45) is 0 Å². The van der Waals surface area contributed by atoms with Crippen LogP contribution in [-0.4, -0.2) is 49.7 Å². The van der Waals surface area contributed by atoms with Gasteiger partial charge in [-0.15, -0.1) is 0 Å². The van der Waals surface area contributed by atoms with Crippen molar-refractivity contribution in [1.82, 2.24) is 9.80 Å². The van der Waals surface area contributed by atoms with Gasteiger partial charge >= 0.3 is 0 Å². The number of thioether (sulfide) groups is 2. The van der Waals surface area contributed by atoms with Crippen LogP contribution in [0.2, 0.25) is 0 Å². The Labute approximate surface area is 188 Å². The Morgan fingerprint density at radius 1 is 0.821 bits per heavy atom. The number of benzene rings is 1. The van der Waals surface area contributed by atoms with Gasteiger partial charge in [-0.3, -0.25) is 0 Å². The molecule has 3 nitrogen and oxygen atoms in total. The quantitative estimate of drug-likeness (QED) is 0.582. The van der Waals surface area contributed by atoms with Gasteiger partial charge in [0.15, 0.2) is 0 Å². The lowest BCUT2D eigenvalue weighted by atomic mass is 10.1. The number of hydrogen-bond donors (Lipinski definition) is 1. The Bertz CT molecular complexity index is 643. The number of rotatable bonds is 4. The van der Waals surface area contributed by atoms with Gasteiger partial charge in [0.1, 0.15) is 14.4 Å². The van der Waals surface area contributed by atoms with Crippen molar-refractivity contribution in [3.63, 3.8) is 0 Å². The third-order valence-electron chi connectivity index (χ3n) is 5.34. The largest absolute Gasteiger partial charge is 0.507 e. The maximum atomic E-state index is 10.8. The fourth-order valence-corrected chi connectivity index (χ4v) is 6.22. The molecule has 2 saturated heterocycles. The first-order chi connectivity index (χ1) is 13.5. The van der Waals surface area contributed by atoms with Gasteiger partial charge < -0.3 is 14.9 Å². The van der Waals surface area contributed by atoms with Gasteiger partial charge in [-0.25, -0.2) is 0 Å². The predicted octanol–water partition coefficient (Wildman–Crippen LogP) is 5.71. The van der Waals surface area contributed by atoms with Crippen LogP contribution in [0.1, 0.15) is 55.2 Å². The van der Waals surface area contributed by atoms with E-state index in [-0.39, 0.29) is 0 Å². The van der Waals surface area contributed by atoms with Crippen LogP contribution in [0.25, 0.3) is 0 Å². The van der Waals surface area contributed by atoms with Crippen LogP contribution < -0.4 is 0 Å². The van der Waals surface area contributed by atoms with Gasteiger partial charge in [0.05, 0.1) is 0 Å². The summed E-state index contributed by atoms with van der Waals surface area (Å²) in [5.41, 5.74) is 3.13. The Kier molecular flexibility index (Phi) is 8.75. The molecule has 0 radical (unpaired) electrons. The van der Waals surface area contributed by atoms with E-state index in [0.29, 0.717) is 5.75 Å².